The summed E-state index contributed by atoms with van der Waals surface area (Å²) in [5, 5.41) is 0. The molecule has 0 aromatic carbocycles. The average Bonchev–Trinajstić information content (AvgIpc) is 2.34. The minimum atomic E-state index is -0.806. The van der Waals surface area contributed by atoms with Crippen LogP contribution in [0.5, 0.6) is 0 Å². The number of carbonyl (C=O) groups excluding carboxylic acids is 3. The Balaban J connectivity index is 2.73. The van der Waals surface area contributed by atoms with Gasteiger partial charge in [-0.3, -0.25) is 14.4 Å². The third-order valence-corrected chi connectivity index (χ3v) is 3.10. The lowest BCUT2D eigenvalue weighted by Crippen LogP contribution is -2.56. The summed E-state index contributed by atoms with van der Waals surface area (Å²) in [6.45, 7) is 6.92. The van der Waals surface area contributed by atoms with Crippen molar-refractivity contribution in [1.29, 1.82) is 0 Å². The number of hydrogen-bond acceptors (Lipinski definition) is 4. The maximum atomic E-state index is 11.9. The van der Waals surface area contributed by atoms with Crippen LogP contribution in [0.4, 0.5) is 0 Å². The molecule has 0 spiro atoms. The maximum Gasteiger partial charge on any atom is 0.313 e. The Hall–Kier alpha value is -1.59. The Kier molecular flexibility index (Phi) is 4.32. The smallest absolute Gasteiger partial charge is 0.313 e. The van der Waals surface area contributed by atoms with Gasteiger partial charge in [-0.05, 0) is 20.8 Å². The molecule has 1 fully saturated rings. The number of ether oxygens (including phenoxy) is 1. The number of methoxy groups -OCH3 is 1. The first-order valence-electron chi connectivity index (χ1n) is 6.00. The van der Waals surface area contributed by atoms with Gasteiger partial charge in [0.05, 0.1) is 12.5 Å². The second kappa shape index (κ2) is 5.37. The van der Waals surface area contributed by atoms with Crippen LogP contribution in [0.1, 0.15) is 20.8 Å². The second-order valence-corrected chi connectivity index (χ2v) is 4.99. The third kappa shape index (κ3) is 2.80. The first kappa shape index (κ1) is 14.5. The summed E-state index contributed by atoms with van der Waals surface area (Å²) < 4.78 is 4.69. The normalized spacial score (nSPS) is 17.1. The molecule has 102 valence electrons. The quantitative estimate of drug-likeness (QED) is 0.519. The van der Waals surface area contributed by atoms with Gasteiger partial charge < -0.3 is 14.5 Å². The highest BCUT2D eigenvalue weighted by atomic mass is 16.5. The van der Waals surface area contributed by atoms with Crippen molar-refractivity contribution in [3.63, 3.8) is 0 Å². The van der Waals surface area contributed by atoms with E-state index in [9.17, 15) is 14.4 Å². The topological polar surface area (TPSA) is 66.9 Å². The van der Waals surface area contributed by atoms with Gasteiger partial charge in [0, 0.05) is 26.2 Å². The average molecular weight is 256 g/mol. The summed E-state index contributed by atoms with van der Waals surface area (Å²) in [5.74, 6) is -1.43. The van der Waals surface area contributed by atoms with Crippen molar-refractivity contribution in [3.8, 4) is 0 Å². The first-order chi connectivity index (χ1) is 8.33. The molecular weight excluding hydrogens is 236 g/mol. The van der Waals surface area contributed by atoms with Crippen molar-refractivity contribution in [2.75, 3.05) is 33.3 Å². The number of likely N-dealkylation sites (N-methyl/N-ethyl adjacent to an activating group) is 1. The molecule has 0 bridgehead atoms. The lowest BCUT2D eigenvalue weighted by Gasteiger charge is -2.36. The second-order valence-electron chi connectivity index (χ2n) is 4.99. The molecule has 6 nitrogen and oxygen atoms in total. The third-order valence-electron chi connectivity index (χ3n) is 3.10. The van der Waals surface area contributed by atoms with Crippen molar-refractivity contribution in [3.05, 3.63) is 0 Å². The fourth-order valence-electron chi connectivity index (χ4n) is 1.99. The molecule has 1 saturated heterocycles. The van der Waals surface area contributed by atoms with E-state index in [-0.39, 0.29) is 12.5 Å². The van der Waals surface area contributed by atoms with Crippen molar-refractivity contribution in [2.24, 2.45) is 5.41 Å². The van der Waals surface area contributed by atoms with E-state index in [1.807, 2.05) is 6.92 Å². The lowest BCUT2D eigenvalue weighted by atomic mass is 9.92. The van der Waals surface area contributed by atoms with Gasteiger partial charge in [-0.15, -0.1) is 0 Å². The molecule has 0 radical (unpaired) electrons. The molecular formula is C12H20N2O4. The summed E-state index contributed by atoms with van der Waals surface area (Å²) in [6.07, 6.45) is 0. The maximum absolute atomic E-state index is 11.9. The van der Waals surface area contributed by atoms with Gasteiger partial charge in [-0.25, -0.2) is 0 Å². The minimum absolute atomic E-state index is 0.196. The molecule has 0 N–H and O–H groups in total. The number of carbonyl (C=O) groups is 3. The standard InChI is InChI=1S/C12H20N2O4/c1-5-13-6-7-14(10(16)9(13)15)8-12(2,3)11(17)18-4/h5-8H2,1-4H3. The Morgan fingerprint density at radius 3 is 2.22 bits per heavy atom. The number of rotatable bonds is 4. The van der Waals surface area contributed by atoms with Crippen LogP contribution in [0.15, 0.2) is 0 Å². The van der Waals surface area contributed by atoms with Gasteiger partial charge in [-0.1, -0.05) is 0 Å². The molecule has 1 aliphatic rings. The summed E-state index contributed by atoms with van der Waals surface area (Å²) in [4.78, 5) is 38.1. The van der Waals surface area contributed by atoms with E-state index < -0.39 is 17.2 Å². The van der Waals surface area contributed by atoms with E-state index in [0.29, 0.717) is 19.6 Å². The predicted octanol–water partition coefficient (Wildman–Crippen LogP) is -0.124. The van der Waals surface area contributed by atoms with E-state index in [2.05, 4.69) is 4.74 Å². The Bertz CT molecular complexity index is 365. The van der Waals surface area contributed by atoms with Gasteiger partial charge >= 0.3 is 17.8 Å². The van der Waals surface area contributed by atoms with E-state index in [1.54, 1.807) is 13.8 Å². The van der Waals surface area contributed by atoms with Crippen LogP contribution in [0.2, 0.25) is 0 Å². The Morgan fingerprint density at radius 1 is 1.22 bits per heavy atom. The molecule has 0 aromatic rings. The molecule has 0 aliphatic carbocycles. The lowest BCUT2D eigenvalue weighted by molar-refractivity contribution is -0.160. The van der Waals surface area contributed by atoms with Gasteiger partial charge in [0.2, 0.25) is 0 Å². The van der Waals surface area contributed by atoms with Crippen LogP contribution in [0.25, 0.3) is 0 Å². The van der Waals surface area contributed by atoms with E-state index in [0.717, 1.165) is 0 Å². The van der Waals surface area contributed by atoms with Gasteiger partial charge in [0.1, 0.15) is 0 Å². The van der Waals surface area contributed by atoms with Crippen LogP contribution in [-0.4, -0.2) is 60.9 Å². The fraction of sp³-hybridized carbons (Fsp3) is 0.750. The van der Waals surface area contributed by atoms with Crippen molar-refractivity contribution < 1.29 is 19.1 Å². The zero-order valence-electron chi connectivity index (χ0n) is 11.4. The highest BCUT2D eigenvalue weighted by Gasteiger charge is 2.38. The summed E-state index contributed by atoms with van der Waals surface area (Å²) >= 11 is 0. The Morgan fingerprint density at radius 2 is 1.72 bits per heavy atom. The van der Waals surface area contributed by atoms with Crippen LogP contribution < -0.4 is 0 Å². The Labute approximate surface area is 107 Å². The molecule has 0 unspecified atom stereocenters. The molecule has 1 aliphatic heterocycles. The first-order valence-corrected chi connectivity index (χ1v) is 6.00. The zero-order valence-corrected chi connectivity index (χ0v) is 11.4. The molecule has 6 heteroatoms. The summed E-state index contributed by atoms with van der Waals surface area (Å²) in [6, 6.07) is 0. The highest BCUT2D eigenvalue weighted by molar-refractivity contribution is 6.35. The van der Waals surface area contributed by atoms with Crippen LogP contribution in [0.3, 0.4) is 0 Å². The SMILES string of the molecule is CCN1CCN(CC(C)(C)C(=O)OC)C(=O)C1=O. The van der Waals surface area contributed by atoms with Gasteiger partial charge in [0.15, 0.2) is 0 Å². The number of esters is 1. The zero-order chi connectivity index (χ0) is 13.9. The highest BCUT2D eigenvalue weighted by Crippen LogP contribution is 2.20. The van der Waals surface area contributed by atoms with Crippen LogP contribution in [-0.2, 0) is 19.1 Å². The van der Waals surface area contributed by atoms with E-state index in [1.165, 1.54) is 16.9 Å². The molecule has 1 heterocycles. The minimum Gasteiger partial charge on any atom is -0.469 e. The predicted molar refractivity (Wildman–Crippen MR) is 64.6 cm³/mol. The molecule has 0 saturated carbocycles. The number of hydrogen-bond donors (Lipinski definition) is 0. The molecule has 0 atom stereocenters. The van der Waals surface area contributed by atoms with Crippen LogP contribution in [0, 0.1) is 5.41 Å². The molecule has 18 heavy (non-hydrogen) atoms. The monoisotopic (exact) mass is 256 g/mol. The largest absolute Gasteiger partial charge is 0.469 e. The van der Waals surface area contributed by atoms with E-state index >= 15 is 0 Å². The van der Waals surface area contributed by atoms with Gasteiger partial charge in [-0.2, -0.15) is 0 Å². The van der Waals surface area contributed by atoms with Crippen LogP contribution >= 0.6 is 0 Å². The summed E-state index contributed by atoms with van der Waals surface area (Å²) in [5.41, 5.74) is -0.806. The molecule has 1 rings (SSSR count). The molecule has 0 aromatic heterocycles. The van der Waals surface area contributed by atoms with Crippen molar-refractivity contribution >= 4 is 17.8 Å². The van der Waals surface area contributed by atoms with Gasteiger partial charge in [0.25, 0.3) is 0 Å². The fourth-order valence-corrected chi connectivity index (χ4v) is 1.99. The number of amides is 2. The summed E-state index contributed by atoms with van der Waals surface area (Å²) in [7, 11) is 1.31. The number of nitrogens with zero attached hydrogens (tertiary/aromatic N) is 2. The molecule has 2 amide bonds. The number of piperazine rings is 1. The van der Waals surface area contributed by atoms with Crippen molar-refractivity contribution in [2.45, 2.75) is 20.8 Å². The van der Waals surface area contributed by atoms with E-state index in [4.69, 9.17) is 0 Å². The van der Waals surface area contributed by atoms with Crippen molar-refractivity contribution in [1.82, 2.24) is 9.80 Å².